The van der Waals surface area contributed by atoms with E-state index >= 15 is 0 Å². The van der Waals surface area contributed by atoms with Crippen LogP contribution in [0.5, 0.6) is 0 Å². The molecule has 0 saturated heterocycles. The van der Waals surface area contributed by atoms with Crippen LogP contribution in [0.4, 0.5) is 5.69 Å². The van der Waals surface area contributed by atoms with Gasteiger partial charge >= 0.3 is 0 Å². The van der Waals surface area contributed by atoms with E-state index in [0.717, 1.165) is 19.3 Å². The third kappa shape index (κ3) is 4.88. The standard InChI is InChI=1S/C17H26N2O2/c1-5-7-12-18-15(20)17(3,4)16(21)19-14-10-8-13(6-2)9-11-14/h8-11H,5-7,12H2,1-4H3,(H,18,20)(H,19,21). The number of carbonyl (C=O) groups excluding carboxylic acids is 2. The van der Waals surface area contributed by atoms with E-state index in [9.17, 15) is 9.59 Å². The predicted molar refractivity (Wildman–Crippen MR) is 86.1 cm³/mol. The van der Waals surface area contributed by atoms with E-state index in [-0.39, 0.29) is 11.8 Å². The summed E-state index contributed by atoms with van der Waals surface area (Å²) in [5, 5.41) is 5.61. The number of benzene rings is 1. The van der Waals surface area contributed by atoms with E-state index < -0.39 is 5.41 Å². The molecule has 21 heavy (non-hydrogen) atoms. The maximum atomic E-state index is 12.3. The molecular formula is C17H26N2O2. The molecular weight excluding hydrogens is 264 g/mol. The quantitative estimate of drug-likeness (QED) is 0.599. The highest BCUT2D eigenvalue weighted by atomic mass is 16.2. The normalized spacial score (nSPS) is 11.0. The third-order valence-corrected chi connectivity index (χ3v) is 3.57. The molecule has 0 heterocycles. The van der Waals surface area contributed by atoms with Crippen molar-refractivity contribution in [2.75, 3.05) is 11.9 Å². The number of nitrogens with one attached hydrogen (secondary N) is 2. The Kier molecular flexibility index (Phi) is 6.40. The Hall–Kier alpha value is -1.84. The molecule has 0 unspecified atom stereocenters. The number of aryl methyl sites for hydroxylation is 1. The fraction of sp³-hybridized carbons (Fsp3) is 0.529. The first-order valence-electron chi connectivity index (χ1n) is 7.60. The van der Waals surface area contributed by atoms with Gasteiger partial charge in [0.1, 0.15) is 5.41 Å². The Morgan fingerprint density at radius 2 is 1.67 bits per heavy atom. The van der Waals surface area contributed by atoms with Crippen molar-refractivity contribution in [3.05, 3.63) is 29.8 Å². The molecule has 0 saturated carbocycles. The summed E-state index contributed by atoms with van der Waals surface area (Å²) in [6.45, 7) is 8.03. The zero-order valence-electron chi connectivity index (χ0n) is 13.5. The van der Waals surface area contributed by atoms with E-state index in [0.29, 0.717) is 12.2 Å². The Balaban J connectivity index is 2.64. The SMILES string of the molecule is CCCCNC(=O)C(C)(C)C(=O)Nc1ccc(CC)cc1. The van der Waals surface area contributed by atoms with Gasteiger partial charge in [-0.2, -0.15) is 0 Å². The zero-order valence-corrected chi connectivity index (χ0v) is 13.5. The van der Waals surface area contributed by atoms with Gasteiger partial charge in [-0.25, -0.2) is 0 Å². The Morgan fingerprint density at radius 1 is 1.05 bits per heavy atom. The average molecular weight is 290 g/mol. The van der Waals surface area contributed by atoms with Crippen LogP contribution in [-0.4, -0.2) is 18.4 Å². The average Bonchev–Trinajstić information content (AvgIpc) is 2.48. The van der Waals surface area contributed by atoms with Gasteiger partial charge in [0.25, 0.3) is 0 Å². The van der Waals surface area contributed by atoms with E-state index in [1.807, 2.05) is 24.3 Å². The molecule has 0 aliphatic rings. The highest BCUT2D eigenvalue weighted by molar-refractivity contribution is 6.09. The van der Waals surface area contributed by atoms with Gasteiger partial charge in [0.15, 0.2) is 0 Å². The first kappa shape index (κ1) is 17.2. The van der Waals surface area contributed by atoms with Crippen molar-refractivity contribution in [2.45, 2.75) is 47.0 Å². The highest BCUT2D eigenvalue weighted by Crippen LogP contribution is 2.19. The molecule has 1 rings (SSSR count). The minimum Gasteiger partial charge on any atom is -0.355 e. The van der Waals surface area contributed by atoms with Gasteiger partial charge < -0.3 is 10.6 Å². The summed E-state index contributed by atoms with van der Waals surface area (Å²) in [4.78, 5) is 24.4. The Morgan fingerprint density at radius 3 is 2.19 bits per heavy atom. The van der Waals surface area contributed by atoms with Crippen LogP contribution in [0.1, 0.15) is 46.1 Å². The van der Waals surface area contributed by atoms with Crippen LogP contribution in [-0.2, 0) is 16.0 Å². The van der Waals surface area contributed by atoms with Gasteiger partial charge in [-0.05, 0) is 44.4 Å². The Bertz CT molecular complexity index is 478. The van der Waals surface area contributed by atoms with Crippen LogP contribution in [0.2, 0.25) is 0 Å². The summed E-state index contributed by atoms with van der Waals surface area (Å²) in [5.41, 5.74) is 0.841. The third-order valence-electron chi connectivity index (χ3n) is 3.57. The van der Waals surface area contributed by atoms with Gasteiger partial charge in [0, 0.05) is 12.2 Å². The summed E-state index contributed by atoms with van der Waals surface area (Å²) in [6.07, 6.45) is 2.89. The smallest absolute Gasteiger partial charge is 0.239 e. The maximum absolute atomic E-state index is 12.3. The van der Waals surface area contributed by atoms with Gasteiger partial charge in [-0.3, -0.25) is 9.59 Å². The van der Waals surface area contributed by atoms with Crippen molar-refractivity contribution in [2.24, 2.45) is 5.41 Å². The summed E-state index contributed by atoms with van der Waals surface area (Å²) >= 11 is 0. The second-order valence-corrected chi connectivity index (χ2v) is 5.74. The van der Waals surface area contributed by atoms with E-state index in [2.05, 4.69) is 24.5 Å². The van der Waals surface area contributed by atoms with Crippen molar-refractivity contribution in [1.82, 2.24) is 5.32 Å². The van der Waals surface area contributed by atoms with E-state index in [4.69, 9.17) is 0 Å². The summed E-state index contributed by atoms with van der Waals surface area (Å²) in [5.74, 6) is -0.528. The lowest BCUT2D eigenvalue weighted by Gasteiger charge is -2.22. The lowest BCUT2D eigenvalue weighted by Crippen LogP contribution is -2.45. The molecule has 4 nitrogen and oxygen atoms in total. The second kappa shape index (κ2) is 7.81. The van der Waals surface area contributed by atoms with E-state index in [1.165, 1.54) is 5.56 Å². The lowest BCUT2D eigenvalue weighted by atomic mass is 9.91. The first-order valence-corrected chi connectivity index (χ1v) is 7.60. The van der Waals surface area contributed by atoms with Crippen LogP contribution in [0.25, 0.3) is 0 Å². The van der Waals surface area contributed by atoms with E-state index in [1.54, 1.807) is 13.8 Å². The first-order chi connectivity index (χ1) is 9.91. The molecule has 4 heteroatoms. The van der Waals surface area contributed by atoms with Gasteiger partial charge in [0.2, 0.25) is 11.8 Å². The van der Waals surface area contributed by atoms with Crippen molar-refractivity contribution in [3.63, 3.8) is 0 Å². The number of carbonyl (C=O) groups is 2. The molecule has 0 aliphatic heterocycles. The molecule has 0 spiro atoms. The van der Waals surface area contributed by atoms with Crippen molar-refractivity contribution in [1.29, 1.82) is 0 Å². The molecule has 1 aromatic carbocycles. The molecule has 2 N–H and O–H groups in total. The predicted octanol–water partition coefficient (Wildman–Crippen LogP) is 3.13. The van der Waals surface area contributed by atoms with Crippen molar-refractivity contribution >= 4 is 17.5 Å². The van der Waals surface area contributed by atoms with Crippen molar-refractivity contribution < 1.29 is 9.59 Å². The molecule has 0 aromatic heterocycles. The highest BCUT2D eigenvalue weighted by Gasteiger charge is 2.35. The largest absolute Gasteiger partial charge is 0.355 e. The molecule has 0 radical (unpaired) electrons. The summed E-state index contributed by atoms with van der Waals surface area (Å²) in [6, 6.07) is 7.68. The number of amides is 2. The van der Waals surface area contributed by atoms with Crippen LogP contribution in [0, 0.1) is 5.41 Å². The molecule has 116 valence electrons. The second-order valence-electron chi connectivity index (χ2n) is 5.74. The fourth-order valence-corrected chi connectivity index (χ4v) is 1.81. The van der Waals surface area contributed by atoms with Gasteiger partial charge in [0.05, 0.1) is 0 Å². The molecule has 0 bridgehead atoms. The number of hydrogen-bond donors (Lipinski definition) is 2. The van der Waals surface area contributed by atoms with Crippen LogP contribution < -0.4 is 10.6 Å². The number of unbranched alkanes of at least 4 members (excludes halogenated alkanes) is 1. The minimum absolute atomic E-state index is 0.237. The van der Waals surface area contributed by atoms with Crippen LogP contribution >= 0.6 is 0 Å². The summed E-state index contributed by atoms with van der Waals surface area (Å²) in [7, 11) is 0. The molecule has 2 amide bonds. The van der Waals surface area contributed by atoms with Crippen molar-refractivity contribution in [3.8, 4) is 0 Å². The zero-order chi connectivity index (χ0) is 15.9. The number of rotatable bonds is 7. The molecule has 1 aromatic rings. The topological polar surface area (TPSA) is 58.2 Å². The molecule has 0 aliphatic carbocycles. The fourth-order valence-electron chi connectivity index (χ4n) is 1.81. The Labute approximate surface area is 127 Å². The molecule has 0 atom stereocenters. The minimum atomic E-state index is -1.09. The molecule has 0 fully saturated rings. The summed E-state index contributed by atoms with van der Waals surface area (Å²) < 4.78 is 0. The lowest BCUT2D eigenvalue weighted by molar-refractivity contribution is -0.138. The number of hydrogen-bond acceptors (Lipinski definition) is 2. The van der Waals surface area contributed by atoms with Gasteiger partial charge in [-0.15, -0.1) is 0 Å². The number of anilines is 1. The van der Waals surface area contributed by atoms with Gasteiger partial charge in [-0.1, -0.05) is 32.4 Å². The maximum Gasteiger partial charge on any atom is 0.239 e. The van der Waals surface area contributed by atoms with Crippen LogP contribution in [0.3, 0.4) is 0 Å². The van der Waals surface area contributed by atoms with Crippen LogP contribution in [0.15, 0.2) is 24.3 Å². The monoisotopic (exact) mass is 290 g/mol.